The van der Waals surface area contributed by atoms with Crippen LogP contribution < -0.4 is 25.8 Å². The fraction of sp³-hybridized carbons (Fsp3) is 0.478. The summed E-state index contributed by atoms with van der Waals surface area (Å²) in [5.74, 6) is 0.969. The summed E-state index contributed by atoms with van der Waals surface area (Å²) in [5, 5.41) is 13.4. The van der Waals surface area contributed by atoms with E-state index in [1.165, 1.54) is 5.00 Å². The van der Waals surface area contributed by atoms with E-state index in [9.17, 15) is 4.79 Å². The van der Waals surface area contributed by atoms with Gasteiger partial charge in [-0.05, 0) is 55.0 Å². The molecule has 1 aromatic carbocycles. The van der Waals surface area contributed by atoms with E-state index >= 15 is 0 Å². The first-order valence-electron chi connectivity index (χ1n) is 11.1. The van der Waals surface area contributed by atoms with Crippen LogP contribution in [0.15, 0.2) is 46.8 Å². The maximum atomic E-state index is 11.6. The zero-order chi connectivity index (χ0) is 21.5. The number of carbonyl (C=O) groups is 1. The Morgan fingerprint density at radius 2 is 1.97 bits per heavy atom. The van der Waals surface area contributed by atoms with Gasteiger partial charge in [0.15, 0.2) is 5.96 Å². The molecule has 3 heterocycles. The molecule has 0 unspecified atom stereocenters. The third kappa shape index (κ3) is 5.91. The van der Waals surface area contributed by atoms with Crippen molar-refractivity contribution in [3.05, 3.63) is 47.3 Å². The van der Waals surface area contributed by atoms with Crippen LogP contribution in [0.1, 0.15) is 25.3 Å². The molecule has 7 nitrogen and oxygen atoms in total. The van der Waals surface area contributed by atoms with Gasteiger partial charge in [-0.2, -0.15) is 0 Å². The standard InChI is InChI=1S/C23H32N6OS/c1-2-24-23(27-19-9-12-28(13-10-19)22-4-3-15-31-22)26-16-18-5-7-20(8-6-18)29-14-11-25-21(30)17-29/h3-8,15,19H,2,9-14,16-17H2,1H3,(H,25,30)(H2,24,26,27). The van der Waals surface area contributed by atoms with Crippen molar-refractivity contribution in [1.82, 2.24) is 16.0 Å². The first-order chi connectivity index (χ1) is 15.2. The van der Waals surface area contributed by atoms with Gasteiger partial charge in [0, 0.05) is 44.5 Å². The first kappa shape index (κ1) is 21.5. The predicted molar refractivity (Wildman–Crippen MR) is 129 cm³/mol. The molecule has 31 heavy (non-hydrogen) atoms. The largest absolute Gasteiger partial charge is 0.363 e. The number of thiophene rings is 1. The molecule has 4 rings (SSSR count). The van der Waals surface area contributed by atoms with Crippen LogP contribution in [0, 0.1) is 0 Å². The van der Waals surface area contributed by atoms with Gasteiger partial charge in [-0.25, -0.2) is 4.99 Å². The van der Waals surface area contributed by atoms with E-state index in [1.807, 2.05) is 11.3 Å². The Morgan fingerprint density at radius 3 is 2.65 bits per heavy atom. The Hall–Kier alpha value is -2.74. The molecule has 1 amide bonds. The number of piperazine rings is 1. The topological polar surface area (TPSA) is 72.0 Å². The number of aliphatic imine (C=N–C) groups is 1. The second-order valence-electron chi connectivity index (χ2n) is 7.99. The number of hydrogen-bond donors (Lipinski definition) is 3. The molecule has 8 heteroatoms. The Bertz CT molecular complexity index is 859. The normalized spacial score (nSPS) is 18.1. The van der Waals surface area contributed by atoms with Gasteiger partial charge in [-0.3, -0.25) is 4.79 Å². The first-order valence-corrected chi connectivity index (χ1v) is 12.0. The Kier molecular flexibility index (Phi) is 7.30. The molecule has 2 fully saturated rings. The van der Waals surface area contributed by atoms with Crippen molar-refractivity contribution in [2.75, 3.05) is 49.1 Å². The lowest BCUT2D eigenvalue weighted by Crippen LogP contribution is -2.48. The number of amides is 1. The van der Waals surface area contributed by atoms with Gasteiger partial charge in [-0.1, -0.05) is 12.1 Å². The van der Waals surface area contributed by atoms with E-state index in [4.69, 9.17) is 4.99 Å². The number of guanidine groups is 1. The molecule has 0 aliphatic carbocycles. The minimum Gasteiger partial charge on any atom is -0.363 e. The SMILES string of the molecule is CCNC(=NCc1ccc(N2CCNC(=O)C2)cc1)NC1CCN(c2cccs2)CC1. The van der Waals surface area contributed by atoms with Crippen molar-refractivity contribution in [1.29, 1.82) is 0 Å². The lowest BCUT2D eigenvalue weighted by atomic mass is 10.1. The molecule has 0 spiro atoms. The quantitative estimate of drug-likeness (QED) is 0.475. The van der Waals surface area contributed by atoms with Crippen LogP contribution in [0.25, 0.3) is 0 Å². The molecule has 1 aromatic heterocycles. The average molecular weight is 441 g/mol. The highest BCUT2D eigenvalue weighted by Crippen LogP contribution is 2.24. The molecule has 0 radical (unpaired) electrons. The number of anilines is 2. The van der Waals surface area contributed by atoms with E-state index in [0.717, 1.165) is 56.2 Å². The highest BCUT2D eigenvalue weighted by Gasteiger charge is 2.21. The molecule has 0 atom stereocenters. The molecule has 0 bridgehead atoms. The molecule has 0 saturated carbocycles. The molecule has 2 aliphatic rings. The van der Waals surface area contributed by atoms with Gasteiger partial charge in [0.2, 0.25) is 5.91 Å². The van der Waals surface area contributed by atoms with Gasteiger partial charge in [0.1, 0.15) is 0 Å². The smallest absolute Gasteiger partial charge is 0.239 e. The summed E-state index contributed by atoms with van der Waals surface area (Å²) in [6.45, 7) is 7.70. The summed E-state index contributed by atoms with van der Waals surface area (Å²) in [6.07, 6.45) is 2.22. The van der Waals surface area contributed by atoms with Crippen LogP contribution in [0.5, 0.6) is 0 Å². The van der Waals surface area contributed by atoms with E-state index in [1.54, 1.807) is 0 Å². The number of benzene rings is 1. The average Bonchev–Trinajstić information content (AvgIpc) is 3.33. The van der Waals surface area contributed by atoms with Crippen LogP contribution in [0.2, 0.25) is 0 Å². The second-order valence-corrected chi connectivity index (χ2v) is 8.92. The number of nitrogens with one attached hydrogen (secondary N) is 3. The summed E-state index contributed by atoms with van der Waals surface area (Å²) < 4.78 is 0. The maximum Gasteiger partial charge on any atom is 0.239 e. The van der Waals surface area contributed by atoms with Gasteiger partial charge < -0.3 is 25.8 Å². The van der Waals surface area contributed by atoms with Crippen molar-refractivity contribution in [3.8, 4) is 0 Å². The number of nitrogens with zero attached hydrogens (tertiary/aromatic N) is 3. The maximum absolute atomic E-state index is 11.6. The van der Waals surface area contributed by atoms with Crippen molar-refractivity contribution < 1.29 is 4.79 Å². The Balaban J connectivity index is 1.30. The monoisotopic (exact) mass is 440 g/mol. The van der Waals surface area contributed by atoms with Crippen LogP contribution in [-0.4, -0.2) is 57.2 Å². The minimum absolute atomic E-state index is 0.0857. The minimum atomic E-state index is 0.0857. The van der Waals surface area contributed by atoms with Crippen LogP contribution in [0.3, 0.4) is 0 Å². The predicted octanol–water partition coefficient (Wildman–Crippen LogP) is 2.41. The fourth-order valence-corrected chi connectivity index (χ4v) is 4.83. The van der Waals surface area contributed by atoms with Crippen molar-refractivity contribution in [3.63, 3.8) is 0 Å². The summed E-state index contributed by atoms with van der Waals surface area (Å²) >= 11 is 1.82. The molecule has 2 aromatic rings. The third-order valence-corrected chi connectivity index (χ3v) is 6.69. The van der Waals surface area contributed by atoms with E-state index < -0.39 is 0 Å². The zero-order valence-corrected chi connectivity index (χ0v) is 19.0. The number of piperidine rings is 1. The summed E-state index contributed by atoms with van der Waals surface area (Å²) in [7, 11) is 0. The van der Waals surface area contributed by atoms with E-state index in [-0.39, 0.29) is 5.91 Å². The molecule has 2 saturated heterocycles. The van der Waals surface area contributed by atoms with Crippen LogP contribution >= 0.6 is 11.3 Å². The third-order valence-electron chi connectivity index (χ3n) is 5.76. The van der Waals surface area contributed by atoms with Crippen molar-refractivity contribution in [2.24, 2.45) is 4.99 Å². The second kappa shape index (κ2) is 10.5. The lowest BCUT2D eigenvalue weighted by molar-refractivity contribution is -0.120. The van der Waals surface area contributed by atoms with Gasteiger partial charge >= 0.3 is 0 Å². The van der Waals surface area contributed by atoms with Gasteiger partial charge in [-0.15, -0.1) is 11.3 Å². The van der Waals surface area contributed by atoms with Crippen molar-refractivity contribution >= 4 is 33.9 Å². The fourth-order valence-electron chi connectivity index (χ4n) is 4.05. The Morgan fingerprint density at radius 1 is 1.16 bits per heavy atom. The molecular weight excluding hydrogens is 408 g/mol. The van der Waals surface area contributed by atoms with Crippen molar-refractivity contribution in [2.45, 2.75) is 32.4 Å². The Labute approximate surface area is 188 Å². The molecule has 2 aliphatic heterocycles. The van der Waals surface area contributed by atoms with Crippen LogP contribution in [-0.2, 0) is 11.3 Å². The van der Waals surface area contributed by atoms with E-state index in [0.29, 0.717) is 25.7 Å². The highest BCUT2D eigenvalue weighted by molar-refractivity contribution is 7.14. The number of hydrogen-bond acceptors (Lipinski definition) is 5. The van der Waals surface area contributed by atoms with Crippen LogP contribution in [0.4, 0.5) is 10.7 Å². The van der Waals surface area contributed by atoms with E-state index in [2.05, 4.69) is 74.5 Å². The summed E-state index contributed by atoms with van der Waals surface area (Å²) in [5.41, 5.74) is 2.25. The number of rotatable bonds is 6. The highest BCUT2D eigenvalue weighted by atomic mass is 32.1. The molecule has 166 valence electrons. The zero-order valence-electron chi connectivity index (χ0n) is 18.1. The lowest BCUT2D eigenvalue weighted by Gasteiger charge is -2.33. The number of carbonyl (C=O) groups excluding carboxylic acids is 1. The summed E-state index contributed by atoms with van der Waals surface area (Å²) in [4.78, 5) is 21.0. The summed E-state index contributed by atoms with van der Waals surface area (Å²) in [6, 6.07) is 13.2. The van der Waals surface area contributed by atoms with Gasteiger partial charge in [0.25, 0.3) is 0 Å². The molecule has 3 N–H and O–H groups in total. The van der Waals surface area contributed by atoms with Gasteiger partial charge in [0.05, 0.1) is 18.1 Å². The molecular formula is C23H32N6OS.